The first-order chi connectivity index (χ1) is 8.10. The van der Waals surface area contributed by atoms with E-state index in [4.69, 9.17) is 0 Å². The molecule has 7 heteroatoms. The van der Waals surface area contributed by atoms with Crippen molar-refractivity contribution in [2.75, 3.05) is 19.4 Å². The number of nitrogens with zero attached hydrogens (tertiary/aromatic N) is 2. The second-order valence-corrected chi connectivity index (χ2v) is 7.75. The van der Waals surface area contributed by atoms with Crippen molar-refractivity contribution in [3.8, 4) is 0 Å². The van der Waals surface area contributed by atoms with E-state index in [9.17, 15) is 8.42 Å². The van der Waals surface area contributed by atoms with E-state index in [1.165, 1.54) is 4.31 Å². The maximum absolute atomic E-state index is 12.5. The minimum absolute atomic E-state index is 0.164. The topological polar surface area (TPSA) is 62.3 Å². The molecular formula is C11H18BrN3O2S. The first-order valence-electron chi connectivity index (χ1n) is 5.43. The molecule has 0 unspecified atom stereocenters. The van der Waals surface area contributed by atoms with Gasteiger partial charge < -0.3 is 5.32 Å². The summed E-state index contributed by atoms with van der Waals surface area (Å²) < 4.78 is 27.0. The monoisotopic (exact) mass is 335 g/mol. The Morgan fingerprint density at radius 3 is 2.39 bits per heavy atom. The zero-order valence-electron chi connectivity index (χ0n) is 11.2. The Balaban J connectivity index is 3.41. The lowest BCUT2D eigenvalue weighted by Crippen LogP contribution is -2.42. The minimum Gasteiger partial charge on any atom is -0.372 e. The summed E-state index contributed by atoms with van der Waals surface area (Å²) in [6.07, 6.45) is 1.56. The average Bonchev–Trinajstić information content (AvgIpc) is 2.26. The summed E-state index contributed by atoms with van der Waals surface area (Å²) in [6.45, 7) is 5.53. The molecule has 18 heavy (non-hydrogen) atoms. The molecule has 0 saturated heterocycles. The van der Waals surface area contributed by atoms with Crippen LogP contribution in [0.5, 0.6) is 0 Å². The Hall–Kier alpha value is -0.660. The summed E-state index contributed by atoms with van der Waals surface area (Å²) in [5.41, 5.74) is -0.494. The molecule has 0 aliphatic rings. The fraction of sp³-hybridized carbons (Fsp3) is 0.545. The molecule has 1 N–H and O–H groups in total. The first-order valence-corrected chi connectivity index (χ1v) is 7.66. The summed E-state index contributed by atoms with van der Waals surface area (Å²) in [6, 6.07) is 1.55. The van der Waals surface area contributed by atoms with Crippen molar-refractivity contribution in [1.29, 1.82) is 0 Å². The van der Waals surface area contributed by atoms with E-state index >= 15 is 0 Å². The number of hydrogen-bond acceptors (Lipinski definition) is 4. The maximum Gasteiger partial charge on any atom is 0.247 e. The van der Waals surface area contributed by atoms with Gasteiger partial charge in [-0.25, -0.2) is 13.4 Å². The van der Waals surface area contributed by atoms with Gasteiger partial charge in [0.15, 0.2) is 0 Å². The van der Waals surface area contributed by atoms with Gasteiger partial charge in [-0.2, -0.15) is 4.31 Å². The molecule has 1 aromatic rings. The summed E-state index contributed by atoms with van der Waals surface area (Å²) in [5.74, 6) is 0.342. The van der Waals surface area contributed by atoms with Crippen LogP contribution in [0, 0.1) is 0 Å². The van der Waals surface area contributed by atoms with E-state index < -0.39 is 15.6 Å². The van der Waals surface area contributed by atoms with Gasteiger partial charge in [-0.1, -0.05) is 0 Å². The van der Waals surface area contributed by atoms with Crippen LogP contribution < -0.4 is 5.32 Å². The number of halogens is 1. The second kappa shape index (κ2) is 5.14. The van der Waals surface area contributed by atoms with Gasteiger partial charge in [-0.3, -0.25) is 0 Å². The van der Waals surface area contributed by atoms with E-state index in [1.807, 2.05) is 20.8 Å². The van der Waals surface area contributed by atoms with Gasteiger partial charge in [0.1, 0.15) is 10.7 Å². The van der Waals surface area contributed by atoms with E-state index in [1.54, 1.807) is 26.4 Å². The molecule has 0 amide bonds. The van der Waals surface area contributed by atoms with Gasteiger partial charge in [0.25, 0.3) is 0 Å². The number of pyridine rings is 1. The zero-order valence-corrected chi connectivity index (χ0v) is 13.6. The molecule has 0 spiro atoms. The third kappa shape index (κ3) is 3.02. The minimum atomic E-state index is -3.58. The first kappa shape index (κ1) is 15.4. The Morgan fingerprint density at radius 2 is 1.94 bits per heavy atom. The Morgan fingerprint density at radius 1 is 1.39 bits per heavy atom. The van der Waals surface area contributed by atoms with Crippen LogP contribution >= 0.6 is 15.9 Å². The molecule has 0 bridgehead atoms. The van der Waals surface area contributed by atoms with Crippen LogP contribution in [0.1, 0.15) is 20.8 Å². The van der Waals surface area contributed by atoms with Gasteiger partial charge in [-0.15, -0.1) is 0 Å². The Kier molecular flexibility index (Phi) is 4.40. The van der Waals surface area contributed by atoms with Crippen LogP contribution in [0.3, 0.4) is 0 Å². The number of anilines is 1. The van der Waals surface area contributed by atoms with Gasteiger partial charge in [0.2, 0.25) is 10.0 Å². The summed E-state index contributed by atoms with van der Waals surface area (Å²) in [7, 11) is -0.373. The molecular weight excluding hydrogens is 318 g/mol. The number of rotatable bonds is 3. The highest BCUT2D eigenvalue weighted by molar-refractivity contribution is 9.10. The van der Waals surface area contributed by atoms with Crippen LogP contribution in [0.25, 0.3) is 0 Å². The summed E-state index contributed by atoms with van der Waals surface area (Å²) >= 11 is 3.24. The third-order valence-electron chi connectivity index (χ3n) is 2.64. The molecule has 1 aromatic heterocycles. The molecule has 0 aromatic carbocycles. The summed E-state index contributed by atoms with van der Waals surface area (Å²) in [4.78, 5) is 4.23. The zero-order chi connectivity index (χ0) is 14.1. The number of nitrogens with one attached hydrogen (secondary N) is 1. The summed E-state index contributed by atoms with van der Waals surface area (Å²) in [5, 5.41) is 2.80. The van der Waals surface area contributed by atoms with Gasteiger partial charge in [-0.05, 0) is 42.8 Å². The molecule has 1 heterocycles. The van der Waals surface area contributed by atoms with Crippen molar-refractivity contribution in [2.45, 2.75) is 31.2 Å². The fourth-order valence-electron chi connectivity index (χ4n) is 1.31. The average molecular weight is 336 g/mol. The normalized spacial score (nSPS) is 12.8. The van der Waals surface area contributed by atoms with Crippen molar-refractivity contribution in [3.05, 3.63) is 16.7 Å². The van der Waals surface area contributed by atoms with Crippen LogP contribution in [-0.4, -0.2) is 37.3 Å². The van der Waals surface area contributed by atoms with E-state index in [0.717, 1.165) is 0 Å². The molecule has 5 nitrogen and oxygen atoms in total. The van der Waals surface area contributed by atoms with Crippen molar-refractivity contribution >= 4 is 31.8 Å². The van der Waals surface area contributed by atoms with Gasteiger partial charge >= 0.3 is 0 Å². The highest BCUT2D eigenvalue weighted by Gasteiger charge is 2.32. The van der Waals surface area contributed by atoms with E-state index in [0.29, 0.717) is 10.3 Å². The maximum atomic E-state index is 12.5. The Bertz CT molecular complexity index is 538. The molecule has 1 rings (SSSR count). The third-order valence-corrected chi connectivity index (χ3v) is 5.21. The van der Waals surface area contributed by atoms with Crippen LogP contribution in [0.2, 0.25) is 0 Å². The number of sulfonamides is 1. The van der Waals surface area contributed by atoms with Crippen molar-refractivity contribution in [2.24, 2.45) is 0 Å². The smallest absolute Gasteiger partial charge is 0.247 e. The largest absolute Gasteiger partial charge is 0.372 e. The van der Waals surface area contributed by atoms with Gasteiger partial charge in [0, 0.05) is 30.3 Å². The molecule has 0 saturated carbocycles. The lowest BCUT2D eigenvalue weighted by molar-refractivity contribution is 0.292. The van der Waals surface area contributed by atoms with Crippen molar-refractivity contribution in [1.82, 2.24) is 9.29 Å². The number of hydrogen-bond donors (Lipinski definition) is 1. The quantitative estimate of drug-likeness (QED) is 0.920. The molecule has 102 valence electrons. The predicted octanol–water partition coefficient (Wildman–Crippen LogP) is 2.30. The molecule has 0 aliphatic heterocycles. The molecule has 0 aliphatic carbocycles. The van der Waals surface area contributed by atoms with Crippen molar-refractivity contribution in [3.63, 3.8) is 0 Å². The van der Waals surface area contributed by atoms with E-state index in [2.05, 4.69) is 26.2 Å². The highest BCUT2D eigenvalue weighted by Crippen LogP contribution is 2.28. The van der Waals surface area contributed by atoms with E-state index in [-0.39, 0.29) is 4.90 Å². The van der Waals surface area contributed by atoms with Crippen LogP contribution in [0.4, 0.5) is 5.82 Å². The standard InChI is InChI=1S/C11H18BrN3O2S/c1-11(2,3)15(5)18(16,17)9-6-8(12)7-14-10(9)13-4/h6-7H,1-5H3,(H,13,14). The molecule has 0 fully saturated rings. The number of aromatic nitrogens is 1. The molecule has 0 atom stereocenters. The molecule has 0 radical (unpaired) electrons. The SMILES string of the molecule is CNc1ncc(Br)cc1S(=O)(=O)N(C)C(C)(C)C. The van der Waals surface area contributed by atoms with Crippen LogP contribution in [-0.2, 0) is 10.0 Å². The second-order valence-electron chi connectivity index (χ2n) is 4.89. The predicted molar refractivity (Wildman–Crippen MR) is 76.2 cm³/mol. The fourth-order valence-corrected chi connectivity index (χ4v) is 3.49. The Labute approximate surface area is 117 Å². The van der Waals surface area contributed by atoms with Crippen molar-refractivity contribution < 1.29 is 8.42 Å². The highest BCUT2D eigenvalue weighted by atomic mass is 79.9. The lowest BCUT2D eigenvalue weighted by Gasteiger charge is -2.31. The van der Waals surface area contributed by atoms with Crippen LogP contribution in [0.15, 0.2) is 21.6 Å². The van der Waals surface area contributed by atoms with Gasteiger partial charge in [0.05, 0.1) is 0 Å². The lowest BCUT2D eigenvalue weighted by atomic mass is 10.1.